The molecule has 0 saturated heterocycles. The van der Waals surface area contributed by atoms with Gasteiger partial charge in [-0.15, -0.1) is 0 Å². The molecule has 2 aliphatic carbocycles. The Morgan fingerprint density at radius 2 is 1.70 bits per heavy atom. The molecule has 0 unspecified atom stereocenters. The first kappa shape index (κ1) is 11.4. The number of hydrogen-bond acceptors (Lipinski definition) is 2. The molecule has 0 saturated carbocycles. The van der Waals surface area contributed by atoms with E-state index in [1.54, 1.807) is 6.08 Å². The molecule has 0 heterocycles. The predicted molar refractivity (Wildman–Crippen MR) is 76.4 cm³/mol. The second-order valence-electron chi connectivity index (χ2n) is 5.28. The van der Waals surface area contributed by atoms with Crippen LogP contribution in [0.1, 0.15) is 22.3 Å². The zero-order valence-electron chi connectivity index (χ0n) is 10.8. The normalized spacial score (nSPS) is 15.6. The minimum Gasteiger partial charge on any atom is -0.299 e. The Labute approximate surface area is 115 Å². The molecule has 2 nitrogen and oxygen atoms in total. The minimum atomic E-state index is 0.0126. The second-order valence-corrected chi connectivity index (χ2v) is 5.28. The number of ketones is 2. The maximum Gasteiger partial charge on any atom is 0.187 e. The topological polar surface area (TPSA) is 34.1 Å². The van der Waals surface area contributed by atoms with Gasteiger partial charge in [0.1, 0.15) is 5.78 Å². The molecule has 0 N–H and O–H groups in total. The molecule has 2 aliphatic rings. The van der Waals surface area contributed by atoms with E-state index in [0.29, 0.717) is 18.4 Å². The maximum atomic E-state index is 12.4. The lowest BCUT2D eigenvalue weighted by molar-refractivity contribution is -0.117. The van der Waals surface area contributed by atoms with Crippen LogP contribution in [-0.2, 0) is 11.2 Å². The first-order valence-corrected chi connectivity index (χ1v) is 6.73. The third kappa shape index (κ3) is 1.51. The van der Waals surface area contributed by atoms with Gasteiger partial charge < -0.3 is 0 Å². The van der Waals surface area contributed by atoms with Crippen LogP contribution in [0.2, 0.25) is 0 Å². The number of carbonyl (C=O) groups excluding carboxylic acids is 2. The number of fused-ring (bicyclic) bond motifs is 4. The molecule has 2 aromatic carbocycles. The summed E-state index contributed by atoms with van der Waals surface area (Å²) in [7, 11) is 0. The molecule has 0 bridgehead atoms. The zero-order chi connectivity index (χ0) is 13.7. The maximum absolute atomic E-state index is 12.4. The number of Topliss-reactive ketones (excluding diaryl/α,β-unsaturated/α-hetero) is 2. The molecule has 2 aromatic rings. The van der Waals surface area contributed by atoms with Gasteiger partial charge in [-0.3, -0.25) is 9.59 Å². The Bertz CT molecular complexity index is 981. The molecule has 96 valence electrons. The average Bonchev–Trinajstić information content (AvgIpc) is 2.46. The van der Waals surface area contributed by atoms with Crippen LogP contribution in [0.5, 0.6) is 0 Å². The van der Waals surface area contributed by atoms with Gasteiger partial charge in [0.2, 0.25) is 0 Å². The molecule has 20 heavy (non-hydrogen) atoms. The fourth-order valence-electron chi connectivity index (χ4n) is 3.13. The number of benzene rings is 2. The Morgan fingerprint density at radius 3 is 2.60 bits per heavy atom. The first-order chi connectivity index (χ1) is 9.74. The van der Waals surface area contributed by atoms with Gasteiger partial charge in [-0.2, -0.15) is 0 Å². The molecule has 0 amide bonds. The van der Waals surface area contributed by atoms with E-state index in [0.717, 1.165) is 26.4 Å². The summed E-state index contributed by atoms with van der Waals surface area (Å²) in [6, 6.07) is 11.9. The standard InChI is InChI=1S/C18H12O2/c19-13-7-5-11-6-8-15-14-4-2-1-3-12(14)9-17(20)18(15)16(11)10-13/h1-6,8-9H,7,10H2. The van der Waals surface area contributed by atoms with Gasteiger partial charge in [-0.25, -0.2) is 0 Å². The number of rotatable bonds is 0. The molecule has 4 rings (SSSR count). The van der Waals surface area contributed by atoms with Crippen LogP contribution >= 0.6 is 0 Å². The molecule has 0 spiro atoms. The van der Waals surface area contributed by atoms with Gasteiger partial charge in [0.15, 0.2) is 5.78 Å². The average molecular weight is 260 g/mol. The highest BCUT2D eigenvalue weighted by molar-refractivity contribution is 6.19. The molecule has 0 radical (unpaired) electrons. The molecular formula is C18H12O2. The summed E-state index contributed by atoms with van der Waals surface area (Å²) < 4.78 is 0. The lowest BCUT2D eigenvalue weighted by Gasteiger charge is -2.14. The van der Waals surface area contributed by atoms with Crippen molar-refractivity contribution >= 4 is 23.7 Å². The first-order valence-electron chi connectivity index (χ1n) is 6.73. The number of carbonyl (C=O) groups is 2. The third-order valence-electron chi connectivity index (χ3n) is 4.06. The quantitative estimate of drug-likeness (QED) is 0.714. The van der Waals surface area contributed by atoms with Gasteiger partial charge >= 0.3 is 0 Å². The van der Waals surface area contributed by atoms with E-state index in [9.17, 15) is 9.59 Å². The van der Waals surface area contributed by atoms with Crippen molar-refractivity contribution < 1.29 is 9.59 Å². The predicted octanol–water partition coefficient (Wildman–Crippen LogP) is 1.25. The summed E-state index contributed by atoms with van der Waals surface area (Å²) in [5, 5.41) is 4.01. The highest BCUT2D eigenvalue weighted by Crippen LogP contribution is 2.16. The highest BCUT2D eigenvalue weighted by Gasteiger charge is 2.19. The van der Waals surface area contributed by atoms with E-state index in [-0.39, 0.29) is 11.6 Å². The molecule has 0 atom stereocenters. The summed E-state index contributed by atoms with van der Waals surface area (Å²) in [5.41, 5.74) is 1.61. The van der Waals surface area contributed by atoms with Crippen molar-refractivity contribution in [1.82, 2.24) is 0 Å². The van der Waals surface area contributed by atoms with Crippen molar-refractivity contribution in [1.29, 1.82) is 0 Å². The van der Waals surface area contributed by atoms with Crippen molar-refractivity contribution in [2.75, 3.05) is 0 Å². The van der Waals surface area contributed by atoms with E-state index in [1.165, 1.54) is 0 Å². The molecule has 0 fully saturated rings. The largest absolute Gasteiger partial charge is 0.299 e. The summed E-state index contributed by atoms with van der Waals surface area (Å²) in [5.74, 6) is 0.191. The van der Waals surface area contributed by atoms with Gasteiger partial charge in [-0.05, 0) is 32.5 Å². The van der Waals surface area contributed by atoms with Crippen molar-refractivity contribution in [3.8, 4) is 0 Å². The van der Waals surface area contributed by atoms with Gasteiger partial charge in [-0.1, -0.05) is 42.5 Å². The molecule has 2 heteroatoms. The van der Waals surface area contributed by atoms with E-state index in [4.69, 9.17) is 0 Å². The SMILES string of the molecule is O=C1CC=c2ccc3c(c2C1)C(=O)C=c1ccccc1=3. The van der Waals surface area contributed by atoms with E-state index < -0.39 is 0 Å². The van der Waals surface area contributed by atoms with Crippen molar-refractivity contribution in [3.63, 3.8) is 0 Å². The Balaban J connectivity index is 2.27. The fraction of sp³-hybridized carbons (Fsp3) is 0.111. The van der Waals surface area contributed by atoms with E-state index >= 15 is 0 Å². The Kier molecular flexibility index (Phi) is 2.27. The van der Waals surface area contributed by atoms with Gasteiger partial charge in [0, 0.05) is 18.4 Å². The Hall–Kier alpha value is -2.48. The van der Waals surface area contributed by atoms with E-state index in [1.807, 2.05) is 42.5 Å². The summed E-state index contributed by atoms with van der Waals surface area (Å²) >= 11 is 0. The monoisotopic (exact) mass is 260 g/mol. The van der Waals surface area contributed by atoms with Crippen LogP contribution in [0.4, 0.5) is 0 Å². The van der Waals surface area contributed by atoms with Crippen molar-refractivity contribution in [2.24, 2.45) is 0 Å². The molecule has 0 aliphatic heterocycles. The van der Waals surface area contributed by atoms with Crippen LogP contribution in [-0.4, -0.2) is 11.6 Å². The van der Waals surface area contributed by atoms with Crippen LogP contribution < -0.4 is 10.4 Å². The van der Waals surface area contributed by atoms with E-state index in [2.05, 4.69) is 0 Å². The van der Waals surface area contributed by atoms with Crippen LogP contribution in [0.3, 0.4) is 0 Å². The summed E-state index contributed by atoms with van der Waals surface area (Å²) in [4.78, 5) is 24.2. The summed E-state index contributed by atoms with van der Waals surface area (Å²) in [6.45, 7) is 0. The fourth-order valence-corrected chi connectivity index (χ4v) is 3.13. The molecular weight excluding hydrogens is 248 g/mol. The van der Waals surface area contributed by atoms with Gasteiger partial charge in [0.25, 0.3) is 0 Å². The number of hydrogen-bond donors (Lipinski definition) is 0. The Morgan fingerprint density at radius 1 is 0.850 bits per heavy atom. The van der Waals surface area contributed by atoms with Crippen molar-refractivity contribution in [3.05, 3.63) is 68.4 Å². The van der Waals surface area contributed by atoms with Crippen LogP contribution in [0, 0.1) is 10.4 Å². The third-order valence-corrected chi connectivity index (χ3v) is 4.06. The van der Waals surface area contributed by atoms with Crippen LogP contribution in [0.25, 0.3) is 12.2 Å². The lowest BCUT2D eigenvalue weighted by Crippen LogP contribution is -2.26. The zero-order valence-corrected chi connectivity index (χ0v) is 10.8. The highest BCUT2D eigenvalue weighted by atomic mass is 16.1. The van der Waals surface area contributed by atoms with Crippen LogP contribution in [0.15, 0.2) is 36.4 Å². The van der Waals surface area contributed by atoms with Crippen molar-refractivity contribution in [2.45, 2.75) is 12.8 Å². The lowest BCUT2D eigenvalue weighted by atomic mass is 9.88. The minimum absolute atomic E-state index is 0.0126. The second kappa shape index (κ2) is 4.01. The summed E-state index contributed by atoms with van der Waals surface area (Å²) in [6.07, 6.45) is 4.45. The van der Waals surface area contributed by atoms with Gasteiger partial charge in [0.05, 0.1) is 0 Å². The smallest absolute Gasteiger partial charge is 0.187 e. The molecule has 0 aromatic heterocycles.